The summed E-state index contributed by atoms with van der Waals surface area (Å²) in [5, 5.41) is 4.60. The molecule has 4 amide bonds. The average molecular weight is 496 g/mol. The number of hydrazine groups is 1. The van der Waals surface area contributed by atoms with E-state index in [1.807, 2.05) is 36.4 Å². The van der Waals surface area contributed by atoms with Crippen molar-refractivity contribution in [2.75, 3.05) is 7.11 Å². The first kappa shape index (κ1) is 24.0. The molecule has 8 heteroatoms. The van der Waals surface area contributed by atoms with Crippen LogP contribution in [0.3, 0.4) is 0 Å². The lowest BCUT2D eigenvalue weighted by molar-refractivity contribution is -0.142. The van der Waals surface area contributed by atoms with Crippen molar-refractivity contribution in [3.8, 4) is 0 Å². The molecule has 1 atom stereocenters. The summed E-state index contributed by atoms with van der Waals surface area (Å²) in [4.78, 5) is 52.8. The molecule has 5 rings (SSSR count). The second-order valence-electron chi connectivity index (χ2n) is 8.83. The molecule has 186 valence electrons. The van der Waals surface area contributed by atoms with Gasteiger partial charge in [-0.1, -0.05) is 72.8 Å². The van der Waals surface area contributed by atoms with E-state index in [9.17, 15) is 19.2 Å². The van der Waals surface area contributed by atoms with Crippen molar-refractivity contribution in [3.63, 3.8) is 0 Å². The van der Waals surface area contributed by atoms with E-state index in [1.165, 1.54) is 7.11 Å². The zero-order chi connectivity index (χ0) is 25.9. The Hall–Kier alpha value is -4.72. The molecule has 0 aromatic heterocycles. The summed E-state index contributed by atoms with van der Waals surface area (Å²) in [6.45, 7) is -0.0580. The minimum Gasteiger partial charge on any atom is -0.467 e. The van der Waals surface area contributed by atoms with Crippen LogP contribution < -0.4 is 5.32 Å². The lowest BCUT2D eigenvalue weighted by atomic mass is 10.00. The first-order valence-corrected chi connectivity index (χ1v) is 11.9. The van der Waals surface area contributed by atoms with Gasteiger partial charge in [0.15, 0.2) is 0 Å². The lowest BCUT2D eigenvalue weighted by Gasteiger charge is -2.31. The van der Waals surface area contributed by atoms with Crippen molar-refractivity contribution < 1.29 is 23.9 Å². The van der Waals surface area contributed by atoms with Gasteiger partial charge in [-0.2, -0.15) is 5.01 Å². The van der Waals surface area contributed by atoms with Crippen LogP contribution in [0.1, 0.15) is 43.8 Å². The van der Waals surface area contributed by atoms with Gasteiger partial charge in [-0.25, -0.2) is 14.6 Å². The molecule has 1 heterocycles. The van der Waals surface area contributed by atoms with E-state index in [2.05, 4.69) is 5.32 Å². The number of fused-ring (bicyclic) bond motifs is 2. The van der Waals surface area contributed by atoms with Gasteiger partial charge >= 0.3 is 12.0 Å². The SMILES string of the molecule is COC(=O)[C@H](CC1=CCc2ccccc21)NC(=O)N(Cc1ccccc1)N1C(=O)c2ccccc2C1=O. The molecule has 0 radical (unpaired) electrons. The van der Waals surface area contributed by atoms with Crippen molar-refractivity contribution in [2.24, 2.45) is 0 Å². The molecule has 0 unspecified atom stereocenters. The Morgan fingerprint density at radius 1 is 0.892 bits per heavy atom. The number of nitrogens with zero attached hydrogens (tertiary/aromatic N) is 2. The number of methoxy groups -OCH3 is 1. The molecule has 0 saturated carbocycles. The number of carbonyl (C=O) groups is 4. The number of benzene rings is 3. The summed E-state index contributed by atoms with van der Waals surface area (Å²) in [6.07, 6.45) is 2.97. The molecular weight excluding hydrogens is 470 g/mol. The summed E-state index contributed by atoms with van der Waals surface area (Å²) < 4.78 is 4.98. The van der Waals surface area contributed by atoms with Gasteiger partial charge in [0, 0.05) is 6.42 Å². The highest BCUT2D eigenvalue weighted by atomic mass is 16.5. The van der Waals surface area contributed by atoms with Gasteiger partial charge in [-0.15, -0.1) is 0 Å². The van der Waals surface area contributed by atoms with Gasteiger partial charge in [-0.05, 0) is 40.8 Å². The van der Waals surface area contributed by atoms with Crippen LogP contribution in [-0.2, 0) is 22.5 Å². The number of ether oxygens (including phenoxy) is 1. The van der Waals surface area contributed by atoms with Crippen molar-refractivity contribution in [1.29, 1.82) is 0 Å². The molecule has 0 spiro atoms. The fraction of sp³-hybridized carbons (Fsp3) is 0.172. The first-order valence-electron chi connectivity index (χ1n) is 11.9. The van der Waals surface area contributed by atoms with Crippen LogP contribution in [0.2, 0.25) is 0 Å². The lowest BCUT2D eigenvalue weighted by Crippen LogP contribution is -2.56. The fourth-order valence-electron chi connectivity index (χ4n) is 4.71. The van der Waals surface area contributed by atoms with Crippen LogP contribution in [0.4, 0.5) is 4.79 Å². The predicted molar refractivity (Wildman–Crippen MR) is 136 cm³/mol. The number of rotatable bonds is 7. The number of esters is 1. The van der Waals surface area contributed by atoms with E-state index in [-0.39, 0.29) is 24.1 Å². The first-order chi connectivity index (χ1) is 18.0. The van der Waals surface area contributed by atoms with Gasteiger partial charge in [0.2, 0.25) is 0 Å². The number of amides is 4. The highest BCUT2D eigenvalue weighted by Crippen LogP contribution is 2.31. The standard InChI is InChI=1S/C29H25N3O5/c1-37-28(35)25(17-21-16-15-20-11-5-6-12-22(20)21)30-29(36)31(18-19-9-3-2-4-10-19)32-26(33)23-13-7-8-14-24(23)27(32)34/h2-14,16,25H,15,17-18H2,1H3,(H,30,36)/t25-/m0/s1. The number of urea groups is 1. The maximum Gasteiger partial charge on any atom is 0.337 e. The summed E-state index contributed by atoms with van der Waals surface area (Å²) in [7, 11) is 1.25. The molecule has 0 bridgehead atoms. The van der Waals surface area contributed by atoms with Gasteiger partial charge in [-0.3, -0.25) is 9.59 Å². The molecule has 8 nitrogen and oxygen atoms in total. The molecule has 3 aromatic carbocycles. The maximum absolute atomic E-state index is 13.7. The summed E-state index contributed by atoms with van der Waals surface area (Å²) in [6, 6.07) is 21.5. The van der Waals surface area contributed by atoms with Crippen molar-refractivity contribution in [1.82, 2.24) is 15.3 Å². The normalized spacial score (nSPS) is 14.5. The molecule has 3 aromatic rings. The zero-order valence-electron chi connectivity index (χ0n) is 20.2. The quantitative estimate of drug-likeness (QED) is 0.395. The molecule has 0 saturated heterocycles. The Balaban J connectivity index is 1.43. The smallest absolute Gasteiger partial charge is 0.337 e. The number of hydrogen-bond acceptors (Lipinski definition) is 5. The van der Waals surface area contributed by atoms with Crippen LogP contribution >= 0.6 is 0 Å². The third kappa shape index (κ3) is 4.61. The maximum atomic E-state index is 13.7. The predicted octanol–water partition coefficient (Wildman–Crippen LogP) is 3.98. The molecule has 1 aliphatic carbocycles. The second kappa shape index (κ2) is 10.1. The Morgan fingerprint density at radius 2 is 1.49 bits per heavy atom. The van der Waals surface area contributed by atoms with E-state index in [1.54, 1.807) is 48.5 Å². The molecule has 37 heavy (non-hydrogen) atoms. The summed E-state index contributed by atoms with van der Waals surface area (Å²) in [5.74, 6) is -1.83. The molecule has 2 aliphatic rings. The Bertz CT molecular complexity index is 1380. The van der Waals surface area contributed by atoms with E-state index >= 15 is 0 Å². The second-order valence-corrected chi connectivity index (χ2v) is 8.83. The van der Waals surface area contributed by atoms with Gasteiger partial charge in [0.1, 0.15) is 6.04 Å². The molecule has 1 N–H and O–H groups in total. The number of nitrogens with one attached hydrogen (secondary N) is 1. The zero-order valence-corrected chi connectivity index (χ0v) is 20.2. The van der Waals surface area contributed by atoms with E-state index in [0.717, 1.165) is 33.1 Å². The van der Waals surface area contributed by atoms with Gasteiger partial charge < -0.3 is 10.1 Å². The van der Waals surface area contributed by atoms with Crippen molar-refractivity contribution in [2.45, 2.75) is 25.4 Å². The molecular formula is C29H25N3O5. The highest BCUT2D eigenvalue weighted by molar-refractivity contribution is 6.21. The van der Waals surface area contributed by atoms with E-state index in [0.29, 0.717) is 5.56 Å². The number of allylic oxidation sites excluding steroid dienone is 1. The summed E-state index contributed by atoms with van der Waals surface area (Å²) >= 11 is 0. The summed E-state index contributed by atoms with van der Waals surface area (Å²) in [5.41, 5.74) is 4.22. The van der Waals surface area contributed by atoms with Crippen LogP contribution in [0, 0.1) is 0 Å². The van der Waals surface area contributed by atoms with Crippen LogP contribution in [0.25, 0.3) is 5.57 Å². The third-order valence-electron chi connectivity index (χ3n) is 6.56. The Morgan fingerprint density at radius 3 is 2.14 bits per heavy atom. The van der Waals surface area contributed by atoms with Crippen molar-refractivity contribution in [3.05, 3.63) is 113 Å². The van der Waals surface area contributed by atoms with Crippen molar-refractivity contribution >= 4 is 29.4 Å². The van der Waals surface area contributed by atoms with Gasteiger partial charge in [0.05, 0.1) is 24.8 Å². The van der Waals surface area contributed by atoms with Gasteiger partial charge in [0.25, 0.3) is 11.8 Å². The monoisotopic (exact) mass is 495 g/mol. The minimum absolute atomic E-state index is 0.0580. The minimum atomic E-state index is -1.02. The molecule has 0 fully saturated rings. The average Bonchev–Trinajstić information content (AvgIpc) is 3.45. The Labute approximate surface area is 214 Å². The van der Waals surface area contributed by atoms with E-state index < -0.39 is 29.9 Å². The third-order valence-corrected chi connectivity index (χ3v) is 6.56. The Kier molecular flexibility index (Phi) is 6.55. The molecule has 1 aliphatic heterocycles. The van der Waals surface area contributed by atoms with Crippen LogP contribution in [0.5, 0.6) is 0 Å². The largest absolute Gasteiger partial charge is 0.467 e. The number of hydrogen-bond donors (Lipinski definition) is 1. The van der Waals surface area contributed by atoms with Crippen LogP contribution in [-0.4, -0.2) is 47.0 Å². The topological polar surface area (TPSA) is 96.0 Å². The number of imide groups is 1. The van der Waals surface area contributed by atoms with E-state index in [4.69, 9.17) is 4.74 Å². The van der Waals surface area contributed by atoms with Crippen LogP contribution in [0.15, 0.2) is 84.9 Å². The number of carbonyl (C=O) groups excluding carboxylic acids is 4. The highest BCUT2D eigenvalue weighted by Gasteiger charge is 2.42. The fourth-order valence-corrected chi connectivity index (χ4v) is 4.71.